The zero-order chi connectivity index (χ0) is 28.5. The van der Waals surface area contributed by atoms with Crippen molar-refractivity contribution in [2.45, 2.75) is 116 Å². The first-order valence-electron chi connectivity index (χ1n) is 15.3. The molecular weight excluding hydrogens is 496 g/mol. The van der Waals surface area contributed by atoms with Gasteiger partial charge in [-0.1, -0.05) is 20.8 Å². The van der Waals surface area contributed by atoms with Crippen LogP contribution in [0.3, 0.4) is 0 Å². The van der Waals surface area contributed by atoms with E-state index in [9.17, 15) is 24.9 Å². The molecule has 4 saturated carbocycles. The normalized spacial score (nSPS) is 40.9. The summed E-state index contributed by atoms with van der Waals surface area (Å²) in [6, 6.07) is -0.940. The largest absolute Gasteiger partial charge is 0.480 e. The number of carbonyl (C=O) groups excluding carboxylic acids is 1. The lowest BCUT2D eigenvalue weighted by Crippen LogP contribution is -2.58. The highest BCUT2D eigenvalue weighted by Gasteiger charge is 2.62. The van der Waals surface area contributed by atoms with Crippen LogP contribution in [0.5, 0.6) is 0 Å². The van der Waals surface area contributed by atoms with E-state index >= 15 is 0 Å². The quantitative estimate of drug-likeness (QED) is 0.138. The number of rotatable bonds is 10. The zero-order valence-corrected chi connectivity index (χ0v) is 24.1. The number of carboxylic acids is 1. The van der Waals surface area contributed by atoms with Crippen LogP contribution in [-0.4, -0.2) is 58.0 Å². The standard InChI is InChI=1S/C30H52N4O5/c1-17(6-9-25(37)34-23(27(38)39)5-4-14-33-28(31)32)20-7-8-21-26-22(11-13-30(20,21)3)29(2)12-10-19(35)15-18(29)16-24(26)36/h17-24,26,35-36H,4-16H2,1-3H3,(H,34,37)(H,38,39)(H4,31,32,33). The Kier molecular flexibility index (Phi) is 9.21. The van der Waals surface area contributed by atoms with Crippen LogP contribution in [0.25, 0.3) is 0 Å². The topological polar surface area (TPSA) is 171 Å². The Hall–Kier alpha value is -1.87. The Balaban J connectivity index is 1.34. The third-order valence-corrected chi connectivity index (χ3v) is 11.8. The highest BCUT2D eigenvalue weighted by molar-refractivity contribution is 5.83. The summed E-state index contributed by atoms with van der Waals surface area (Å²) in [4.78, 5) is 28.2. The molecule has 9 heteroatoms. The van der Waals surface area contributed by atoms with E-state index in [0.717, 1.165) is 57.8 Å². The first-order chi connectivity index (χ1) is 18.4. The molecule has 4 aliphatic carbocycles. The maximum absolute atomic E-state index is 12.7. The Morgan fingerprint density at radius 3 is 2.38 bits per heavy atom. The predicted octanol–water partition coefficient (Wildman–Crippen LogP) is 3.02. The molecule has 8 N–H and O–H groups in total. The van der Waals surface area contributed by atoms with Gasteiger partial charge >= 0.3 is 5.97 Å². The Morgan fingerprint density at radius 1 is 1.00 bits per heavy atom. The van der Waals surface area contributed by atoms with Crippen LogP contribution < -0.4 is 16.8 Å². The summed E-state index contributed by atoms with van der Waals surface area (Å²) in [6.45, 7) is 7.46. The molecule has 0 aliphatic heterocycles. The average Bonchev–Trinajstić information content (AvgIpc) is 3.22. The van der Waals surface area contributed by atoms with Crippen molar-refractivity contribution in [1.29, 1.82) is 0 Å². The molecule has 11 atom stereocenters. The second kappa shape index (κ2) is 11.9. The highest BCUT2D eigenvalue weighted by Crippen LogP contribution is 2.68. The number of hydrogen-bond acceptors (Lipinski definition) is 5. The fraction of sp³-hybridized carbons (Fsp3) is 0.900. The molecular formula is C30H52N4O5. The van der Waals surface area contributed by atoms with Crippen LogP contribution in [0, 0.1) is 46.3 Å². The minimum Gasteiger partial charge on any atom is -0.480 e. The fourth-order valence-electron chi connectivity index (χ4n) is 9.76. The van der Waals surface area contributed by atoms with Crippen LogP contribution in [0.1, 0.15) is 97.8 Å². The van der Waals surface area contributed by atoms with Crippen molar-refractivity contribution in [3.8, 4) is 0 Å². The molecule has 11 unspecified atom stereocenters. The lowest BCUT2D eigenvalue weighted by molar-refractivity contribution is -0.174. The third kappa shape index (κ3) is 6.09. The average molecular weight is 549 g/mol. The van der Waals surface area contributed by atoms with Crippen molar-refractivity contribution in [3.05, 3.63) is 0 Å². The van der Waals surface area contributed by atoms with E-state index in [0.29, 0.717) is 54.9 Å². The van der Waals surface area contributed by atoms with Gasteiger partial charge in [0.05, 0.1) is 12.2 Å². The van der Waals surface area contributed by atoms with E-state index in [2.05, 4.69) is 31.1 Å². The second-order valence-corrected chi connectivity index (χ2v) is 13.9. The first-order valence-corrected chi connectivity index (χ1v) is 15.3. The molecule has 0 heterocycles. The van der Waals surface area contributed by atoms with Crippen LogP contribution >= 0.6 is 0 Å². The monoisotopic (exact) mass is 548 g/mol. The van der Waals surface area contributed by atoms with Gasteiger partial charge in [-0.15, -0.1) is 0 Å². The molecule has 0 aromatic carbocycles. The first kappa shape index (κ1) is 30.1. The number of nitrogens with one attached hydrogen (secondary N) is 1. The second-order valence-electron chi connectivity index (χ2n) is 13.9. The number of aliphatic hydroxyl groups excluding tert-OH is 2. The molecule has 4 fully saturated rings. The maximum atomic E-state index is 12.7. The van der Waals surface area contributed by atoms with Gasteiger partial charge in [-0.3, -0.25) is 9.79 Å². The molecule has 0 radical (unpaired) electrons. The van der Waals surface area contributed by atoms with Crippen molar-refractivity contribution < 1.29 is 24.9 Å². The number of nitrogens with zero attached hydrogens (tertiary/aromatic N) is 1. The van der Waals surface area contributed by atoms with Crippen LogP contribution in [0.2, 0.25) is 0 Å². The number of amides is 1. The molecule has 9 nitrogen and oxygen atoms in total. The van der Waals surface area contributed by atoms with Crippen LogP contribution in [-0.2, 0) is 9.59 Å². The summed E-state index contributed by atoms with van der Waals surface area (Å²) in [6.07, 6.45) is 9.45. The predicted molar refractivity (Wildman–Crippen MR) is 150 cm³/mol. The van der Waals surface area contributed by atoms with Crippen molar-refractivity contribution in [1.82, 2.24) is 5.32 Å². The van der Waals surface area contributed by atoms with Crippen molar-refractivity contribution in [2.75, 3.05) is 6.54 Å². The van der Waals surface area contributed by atoms with E-state index in [1.807, 2.05) is 0 Å². The van der Waals surface area contributed by atoms with Gasteiger partial charge in [0.2, 0.25) is 5.91 Å². The molecule has 0 aromatic rings. The summed E-state index contributed by atoms with van der Waals surface area (Å²) in [7, 11) is 0. The fourth-order valence-corrected chi connectivity index (χ4v) is 9.76. The molecule has 39 heavy (non-hydrogen) atoms. The van der Waals surface area contributed by atoms with E-state index in [1.165, 1.54) is 0 Å². The SMILES string of the molecule is CC(CCC(=O)NC(CCCN=C(N)N)C(=O)O)C1CCC2C3C(O)CC4CC(O)CCC4(C)C3CCC12C. The minimum atomic E-state index is -1.04. The number of carboxylic acid groups (broad SMARTS) is 1. The molecule has 1 amide bonds. The van der Waals surface area contributed by atoms with E-state index in [4.69, 9.17) is 11.5 Å². The number of nitrogens with two attached hydrogens (primary N) is 2. The van der Waals surface area contributed by atoms with Gasteiger partial charge in [0.15, 0.2) is 5.96 Å². The third-order valence-electron chi connectivity index (χ3n) is 11.8. The van der Waals surface area contributed by atoms with Crippen molar-refractivity contribution in [3.63, 3.8) is 0 Å². The Bertz CT molecular complexity index is 925. The number of aliphatic carboxylic acids is 1. The van der Waals surface area contributed by atoms with Gasteiger partial charge in [-0.05, 0) is 117 Å². The van der Waals surface area contributed by atoms with Gasteiger partial charge in [0.25, 0.3) is 0 Å². The number of hydrogen-bond donors (Lipinski definition) is 6. The van der Waals surface area contributed by atoms with Crippen molar-refractivity contribution in [2.24, 2.45) is 62.8 Å². The number of guanidine groups is 1. The highest BCUT2D eigenvalue weighted by atomic mass is 16.4. The smallest absolute Gasteiger partial charge is 0.326 e. The van der Waals surface area contributed by atoms with E-state index < -0.39 is 12.0 Å². The molecule has 0 spiro atoms. The number of fused-ring (bicyclic) bond motifs is 5. The Morgan fingerprint density at radius 2 is 1.69 bits per heavy atom. The van der Waals surface area contributed by atoms with Gasteiger partial charge in [0.1, 0.15) is 6.04 Å². The summed E-state index contributed by atoms with van der Waals surface area (Å²) >= 11 is 0. The van der Waals surface area contributed by atoms with Gasteiger partial charge < -0.3 is 32.1 Å². The molecule has 0 aromatic heterocycles. The number of carbonyl (C=O) groups is 2. The molecule has 0 saturated heterocycles. The minimum absolute atomic E-state index is 0.0264. The number of aliphatic hydroxyl groups is 2. The lowest BCUT2D eigenvalue weighted by Gasteiger charge is -2.62. The molecule has 0 bridgehead atoms. The number of aliphatic imine (C=N–C) groups is 1. The van der Waals surface area contributed by atoms with E-state index in [1.54, 1.807) is 0 Å². The van der Waals surface area contributed by atoms with E-state index in [-0.39, 0.29) is 41.3 Å². The Labute approximate surface area is 233 Å². The van der Waals surface area contributed by atoms with Gasteiger partial charge in [-0.2, -0.15) is 0 Å². The molecule has 222 valence electrons. The molecule has 4 aliphatic rings. The summed E-state index contributed by atoms with van der Waals surface area (Å²) in [5, 5.41) is 34.0. The summed E-state index contributed by atoms with van der Waals surface area (Å²) in [5.41, 5.74) is 11.0. The summed E-state index contributed by atoms with van der Waals surface area (Å²) < 4.78 is 0. The lowest BCUT2D eigenvalue weighted by atomic mass is 9.43. The van der Waals surface area contributed by atoms with Gasteiger partial charge in [-0.25, -0.2) is 4.79 Å². The summed E-state index contributed by atoms with van der Waals surface area (Å²) in [5.74, 6) is 1.32. The maximum Gasteiger partial charge on any atom is 0.326 e. The van der Waals surface area contributed by atoms with Crippen LogP contribution in [0.15, 0.2) is 4.99 Å². The zero-order valence-electron chi connectivity index (χ0n) is 24.1. The van der Waals surface area contributed by atoms with Gasteiger partial charge in [0, 0.05) is 13.0 Å². The van der Waals surface area contributed by atoms with Crippen LogP contribution in [0.4, 0.5) is 0 Å². The van der Waals surface area contributed by atoms with Crippen molar-refractivity contribution >= 4 is 17.8 Å². The molecule has 4 rings (SSSR count).